The normalized spacial score (nSPS) is 20.1. The van der Waals surface area contributed by atoms with Crippen LogP contribution in [0.5, 0.6) is 5.75 Å². The summed E-state index contributed by atoms with van der Waals surface area (Å²) in [6.07, 6.45) is -1.21. The molecule has 118 valence electrons. The lowest BCUT2D eigenvalue weighted by molar-refractivity contribution is -0.384. The fraction of sp³-hybridized carbons (Fsp3) is 0.188. The molecule has 23 heavy (non-hydrogen) atoms. The number of anilines is 1. The Hall–Kier alpha value is -2.93. The maximum atomic E-state index is 12.0. The zero-order valence-electron chi connectivity index (χ0n) is 12.2. The minimum Gasteiger partial charge on any atom is -0.497 e. The van der Waals surface area contributed by atoms with Gasteiger partial charge in [0.1, 0.15) is 5.75 Å². The van der Waals surface area contributed by atoms with E-state index in [9.17, 15) is 20.0 Å². The van der Waals surface area contributed by atoms with Crippen molar-refractivity contribution in [3.63, 3.8) is 0 Å². The van der Waals surface area contributed by atoms with Gasteiger partial charge in [0.25, 0.3) is 11.6 Å². The highest BCUT2D eigenvalue weighted by Crippen LogP contribution is 2.40. The number of carbonyl (C=O) groups is 1. The summed E-state index contributed by atoms with van der Waals surface area (Å²) in [6.45, 7) is 0. The maximum absolute atomic E-state index is 12.0. The Morgan fingerprint density at radius 1 is 1.22 bits per heavy atom. The number of β-lactam (4-membered cyclic amide) rings is 1. The second kappa shape index (κ2) is 5.69. The van der Waals surface area contributed by atoms with Gasteiger partial charge in [0.2, 0.25) is 0 Å². The molecular weight excluding hydrogens is 300 g/mol. The van der Waals surface area contributed by atoms with Gasteiger partial charge in [-0.2, -0.15) is 0 Å². The lowest BCUT2D eigenvalue weighted by atomic mass is 9.89. The maximum Gasteiger partial charge on any atom is 0.269 e. The van der Waals surface area contributed by atoms with Crippen LogP contribution in [-0.4, -0.2) is 29.2 Å². The average molecular weight is 314 g/mol. The van der Waals surface area contributed by atoms with E-state index in [0.717, 1.165) is 0 Å². The summed E-state index contributed by atoms with van der Waals surface area (Å²) in [6, 6.07) is 12.1. The topological polar surface area (TPSA) is 92.9 Å². The van der Waals surface area contributed by atoms with Gasteiger partial charge in [0.05, 0.1) is 18.1 Å². The van der Waals surface area contributed by atoms with Gasteiger partial charge in [0.15, 0.2) is 6.10 Å². The Morgan fingerprint density at radius 2 is 1.91 bits per heavy atom. The molecule has 3 rings (SSSR count). The third-order valence-electron chi connectivity index (χ3n) is 3.84. The van der Waals surface area contributed by atoms with E-state index in [1.54, 1.807) is 37.4 Å². The number of non-ortho nitro benzene ring substituents is 1. The Balaban J connectivity index is 1.95. The van der Waals surface area contributed by atoms with Crippen LogP contribution in [0, 0.1) is 10.1 Å². The minimum absolute atomic E-state index is 0.0799. The molecule has 0 saturated carbocycles. The molecule has 0 aromatic heterocycles. The molecule has 1 heterocycles. The third-order valence-corrected chi connectivity index (χ3v) is 3.84. The molecule has 2 atom stereocenters. The number of hydrogen-bond donors (Lipinski definition) is 1. The Bertz CT molecular complexity index is 759. The van der Waals surface area contributed by atoms with Crippen molar-refractivity contribution >= 4 is 17.3 Å². The van der Waals surface area contributed by atoms with Crippen LogP contribution in [0.4, 0.5) is 11.4 Å². The second-order valence-corrected chi connectivity index (χ2v) is 5.15. The number of hydrogen-bond acceptors (Lipinski definition) is 5. The van der Waals surface area contributed by atoms with E-state index in [2.05, 4.69) is 0 Å². The van der Waals surface area contributed by atoms with E-state index in [4.69, 9.17) is 4.74 Å². The molecule has 2 aromatic rings. The number of aliphatic hydroxyl groups is 1. The van der Waals surface area contributed by atoms with Gasteiger partial charge in [-0.3, -0.25) is 19.8 Å². The summed E-state index contributed by atoms with van der Waals surface area (Å²) in [4.78, 5) is 23.8. The van der Waals surface area contributed by atoms with Crippen LogP contribution in [0.3, 0.4) is 0 Å². The monoisotopic (exact) mass is 314 g/mol. The van der Waals surface area contributed by atoms with Crippen molar-refractivity contribution in [2.24, 2.45) is 0 Å². The average Bonchev–Trinajstić information content (AvgIpc) is 2.59. The van der Waals surface area contributed by atoms with Crippen LogP contribution >= 0.6 is 0 Å². The van der Waals surface area contributed by atoms with Crippen LogP contribution in [0.2, 0.25) is 0 Å². The van der Waals surface area contributed by atoms with Crippen molar-refractivity contribution in [2.75, 3.05) is 12.0 Å². The molecule has 0 aliphatic carbocycles. The zero-order valence-corrected chi connectivity index (χ0v) is 12.2. The molecule has 7 nitrogen and oxygen atoms in total. The SMILES string of the molecule is COc1ccc(N2C(=O)[C@@H](O)[C@H]2c2cccc([N+](=O)[O-])c2)cc1. The quantitative estimate of drug-likeness (QED) is 0.529. The van der Waals surface area contributed by atoms with Crippen LogP contribution < -0.4 is 9.64 Å². The molecule has 1 aliphatic rings. The molecule has 1 amide bonds. The number of nitrogens with zero attached hydrogens (tertiary/aromatic N) is 2. The van der Waals surface area contributed by atoms with Crippen LogP contribution in [0.15, 0.2) is 48.5 Å². The molecule has 0 bridgehead atoms. The largest absolute Gasteiger partial charge is 0.497 e. The van der Waals surface area contributed by atoms with Crippen molar-refractivity contribution in [3.05, 3.63) is 64.2 Å². The summed E-state index contributed by atoms with van der Waals surface area (Å²) >= 11 is 0. The van der Waals surface area contributed by atoms with Gasteiger partial charge >= 0.3 is 0 Å². The standard InChI is InChI=1S/C16H14N2O5/c1-23-13-7-5-11(6-8-13)17-14(15(19)16(17)20)10-3-2-4-12(9-10)18(21)22/h2-9,14-15,19H,1H3/t14-,15+/m1/s1. The second-order valence-electron chi connectivity index (χ2n) is 5.15. The molecule has 1 aliphatic heterocycles. The van der Waals surface area contributed by atoms with Crippen LogP contribution in [-0.2, 0) is 4.79 Å². The number of ether oxygens (including phenoxy) is 1. The molecule has 7 heteroatoms. The number of nitro benzene ring substituents is 1. The first kappa shape index (κ1) is 15.0. The summed E-state index contributed by atoms with van der Waals surface area (Å²) in [7, 11) is 1.54. The molecular formula is C16H14N2O5. The van der Waals surface area contributed by atoms with Crippen LogP contribution in [0.1, 0.15) is 11.6 Å². The first-order chi connectivity index (χ1) is 11.0. The molecule has 1 N–H and O–H groups in total. The van der Waals surface area contributed by atoms with Crippen LogP contribution in [0.25, 0.3) is 0 Å². The summed E-state index contributed by atoms with van der Waals surface area (Å²) in [5.41, 5.74) is 1.03. The number of carbonyl (C=O) groups excluding carboxylic acids is 1. The molecule has 0 unspecified atom stereocenters. The highest BCUT2D eigenvalue weighted by molar-refractivity contribution is 6.05. The van der Waals surface area contributed by atoms with E-state index in [1.165, 1.54) is 23.1 Å². The summed E-state index contributed by atoms with van der Waals surface area (Å²) in [5, 5.41) is 20.9. The third kappa shape index (κ3) is 2.51. The number of aliphatic hydroxyl groups excluding tert-OH is 1. The predicted octanol–water partition coefficient (Wildman–Crippen LogP) is 2.05. The fourth-order valence-electron chi connectivity index (χ4n) is 2.66. The highest BCUT2D eigenvalue weighted by Gasteiger charge is 2.48. The smallest absolute Gasteiger partial charge is 0.269 e. The zero-order chi connectivity index (χ0) is 16.6. The molecule has 0 radical (unpaired) electrons. The van der Waals surface area contributed by atoms with Crippen molar-refractivity contribution in [3.8, 4) is 5.75 Å². The fourth-order valence-corrected chi connectivity index (χ4v) is 2.66. The van der Waals surface area contributed by atoms with Gasteiger partial charge < -0.3 is 9.84 Å². The van der Waals surface area contributed by atoms with E-state index >= 15 is 0 Å². The summed E-state index contributed by atoms with van der Waals surface area (Å²) in [5.74, 6) is 0.209. The number of methoxy groups -OCH3 is 1. The van der Waals surface area contributed by atoms with E-state index in [0.29, 0.717) is 17.0 Å². The van der Waals surface area contributed by atoms with Gasteiger partial charge in [0, 0.05) is 17.8 Å². The molecule has 0 spiro atoms. The van der Waals surface area contributed by atoms with E-state index in [-0.39, 0.29) is 5.69 Å². The number of benzene rings is 2. The molecule has 1 saturated heterocycles. The van der Waals surface area contributed by atoms with Crippen molar-refractivity contribution in [1.82, 2.24) is 0 Å². The minimum atomic E-state index is -1.21. The molecule has 2 aromatic carbocycles. The Morgan fingerprint density at radius 3 is 2.52 bits per heavy atom. The van der Waals surface area contributed by atoms with Gasteiger partial charge in [-0.05, 0) is 29.8 Å². The lowest BCUT2D eigenvalue weighted by Gasteiger charge is -2.44. The van der Waals surface area contributed by atoms with Crippen molar-refractivity contribution in [2.45, 2.75) is 12.1 Å². The van der Waals surface area contributed by atoms with E-state index in [1.807, 2.05) is 0 Å². The summed E-state index contributed by atoms with van der Waals surface area (Å²) < 4.78 is 5.07. The van der Waals surface area contributed by atoms with Gasteiger partial charge in [-0.25, -0.2) is 0 Å². The van der Waals surface area contributed by atoms with Gasteiger partial charge in [-0.15, -0.1) is 0 Å². The number of amides is 1. The first-order valence-electron chi connectivity index (χ1n) is 6.92. The lowest BCUT2D eigenvalue weighted by Crippen LogP contribution is -2.59. The number of rotatable bonds is 4. The number of nitro groups is 1. The van der Waals surface area contributed by atoms with E-state index < -0.39 is 23.0 Å². The Labute approximate surface area is 131 Å². The highest BCUT2D eigenvalue weighted by atomic mass is 16.6. The molecule has 1 fully saturated rings. The van der Waals surface area contributed by atoms with Crippen molar-refractivity contribution in [1.29, 1.82) is 0 Å². The predicted molar refractivity (Wildman–Crippen MR) is 82.3 cm³/mol. The first-order valence-corrected chi connectivity index (χ1v) is 6.92. The van der Waals surface area contributed by atoms with Gasteiger partial charge in [-0.1, -0.05) is 12.1 Å². The van der Waals surface area contributed by atoms with Crippen molar-refractivity contribution < 1.29 is 19.6 Å². The Kier molecular flexibility index (Phi) is 3.71.